The minimum absolute atomic E-state index is 0.0401. The molecule has 1 amide bonds. The van der Waals surface area contributed by atoms with Gasteiger partial charge in [0, 0.05) is 37.9 Å². The first-order valence-corrected chi connectivity index (χ1v) is 8.91. The van der Waals surface area contributed by atoms with Crippen molar-refractivity contribution in [2.45, 2.75) is 38.6 Å². The van der Waals surface area contributed by atoms with E-state index in [0.29, 0.717) is 18.0 Å². The number of aryl methyl sites for hydroxylation is 2. The monoisotopic (exact) mass is 345 g/mol. The van der Waals surface area contributed by atoms with Crippen molar-refractivity contribution in [1.29, 1.82) is 0 Å². The number of hydrogen-bond donors (Lipinski definition) is 0. The zero-order valence-electron chi connectivity index (χ0n) is 15.3. The molecule has 0 aromatic carbocycles. The average molecular weight is 345 g/mol. The quantitative estimate of drug-likeness (QED) is 0.802. The predicted molar refractivity (Wildman–Crippen MR) is 94.5 cm³/mol. The number of amides is 1. The van der Waals surface area contributed by atoms with Crippen LogP contribution in [-0.4, -0.2) is 64.0 Å². The Bertz CT molecular complexity index is 706. The maximum Gasteiger partial charge on any atom is 0.276 e. The second-order valence-electron chi connectivity index (χ2n) is 6.98. The molecule has 1 atom stereocenters. The van der Waals surface area contributed by atoms with Gasteiger partial charge in [0.1, 0.15) is 11.6 Å². The molecule has 7 nitrogen and oxygen atoms in total. The summed E-state index contributed by atoms with van der Waals surface area (Å²) in [4.78, 5) is 25.4. The summed E-state index contributed by atoms with van der Waals surface area (Å²) in [6.45, 7) is 5.25. The summed E-state index contributed by atoms with van der Waals surface area (Å²) in [5, 5.41) is 0. The number of nitrogens with zero attached hydrogens (tertiary/aromatic N) is 5. The van der Waals surface area contributed by atoms with Crippen LogP contribution in [0.2, 0.25) is 0 Å². The molecule has 1 aliphatic heterocycles. The SMILES string of the molecule is Cc1ocnc1C(=O)N1CCCC(c2nccn2CCCN(C)C)C1. The molecule has 0 bridgehead atoms. The van der Waals surface area contributed by atoms with Crippen molar-refractivity contribution >= 4 is 5.91 Å². The summed E-state index contributed by atoms with van der Waals surface area (Å²) in [7, 11) is 4.18. The van der Waals surface area contributed by atoms with E-state index in [9.17, 15) is 4.79 Å². The maximum atomic E-state index is 12.7. The van der Waals surface area contributed by atoms with Crippen LogP contribution in [0.4, 0.5) is 0 Å². The van der Waals surface area contributed by atoms with Crippen molar-refractivity contribution < 1.29 is 9.21 Å². The Morgan fingerprint density at radius 3 is 2.96 bits per heavy atom. The highest BCUT2D eigenvalue weighted by Gasteiger charge is 2.29. The molecule has 1 unspecified atom stereocenters. The van der Waals surface area contributed by atoms with E-state index in [-0.39, 0.29) is 11.8 Å². The summed E-state index contributed by atoms with van der Waals surface area (Å²) >= 11 is 0. The molecule has 2 aromatic rings. The normalized spacial score (nSPS) is 18.1. The zero-order valence-corrected chi connectivity index (χ0v) is 15.3. The van der Waals surface area contributed by atoms with Crippen LogP contribution in [0.15, 0.2) is 23.2 Å². The van der Waals surface area contributed by atoms with Crippen molar-refractivity contribution in [3.05, 3.63) is 36.1 Å². The minimum atomic E-state index is -0.0401. The van der Waals surface area contributed by atoms with Crippen LogP contribution in [0, 0.1) is 6.92 Å². The highest BCUT2D eigenvalue weighted by molar-refractivity contribution is 5.93. The first kappa shape index (κ1) is 17.7. The number of piperidine rings is 1. The summed E-state index contributed by atoms with van der Waals surface area (Å²) in [6.07, 6.45) is 8.39. The zero-order chi connectivity index (χ0) is 17.8. The van der Waals surface area contributed by atoms with Crippen LogP contribution in [0.1, 0.15) is 47.3 Å². The summed E-state index contributed by atoms with van der Waals surface area (Å²) in [6, 6.07) is 0. The lowest BCUT2D eigenvalue weighted by atomic mass is 9.96. The third kappa shape index (κ3) is 4.10. The molecule has 3 heterocycles. The number of likely N-dealkylation sites (tertiary alicyclic amines) is 1. The van der Waals surface area contributed by atoms with Gasteiger partial charge < -0.3 is 18.8 Å². The second kappa shape index (κ2) is 7.82. The number of rotatable bonds is 6. The van der Waals surface area contributed by atoms with Crippen LogP contribution >= 0.6 is 0 Å². The van der Waals surface area contributed by atoms with Gasteiger partial charge in [-0.05, 0) is 46.8 Å². The Morgan fingerprint density at radius 2 is 2.24 bits per heavy atom. The van der Waals surface area contributed by atoms with Gasteiger partial charge in [-0.15, -0.1) is 0 Å². The molecular weight excluding hydrogens is 318 g/mol. The Hall–Kier alpha value is -2.15. The van der Waals surface area contributed by atoms with Gasteiger partial charge in [0.2, 0.25) is 0 Å². The number of hydrogen-bond acceptors (Lipinski definition) is 5. The van der Waals surface area contributed by atoms with Gasteiger partial charge in [0.15, 0.2) is 12.1 Å². The molecule has 0 N–H and O–H groups in total. The fraction of sp³-hybridized carbons (Fsp3) is 0.611. The Kier molecular flexibility index (Phi) is 5.53. The van der Waals surface area contributed by atoms with Crippen LogP contribution in [0.5, 0.6) is 0 Å². The highest BCUT2D eigenvalue weighted by atomic mass is 16.3. The number of imidazole rings is 1. The molecule has 7 heteroatoms. The van der Waals surface area contributed by atoms with E-state index in [1.54, 1.807) is 6.92 Å². The van der Waals surface area contributed by atoms with Crippen molar-refractivity contribution in [2.24, 2.45) is 0 Å². The first-order chi connectivity index (χ1) is 12.1. The second-order valence-corrected chi connectivity index (χ2v) is 6.98. The Labute approximate surface area is 148 Å². The van der Waals surface area contributed by atoms with Crippen LogP contribution in [-0.2, 0) is 6.54 Å². The topological polar surface area (TPSA) is 67.4 Å². The fourth-order valence-corrected chi connectivity index (χ4v) is 3.46. The fourth-order valence-electron chi connectivity index (χ4n) is 3.46. The first-order valence-electron chi connectivity index (χ1n) is 8.91. The molecule has 2 aromatic heterocycles. The van der Waals surface area contributed by atoms with Crippen LogP contribution in [0.25, 0.3) is 0 Å². The number of carbonyl (C=O) groups excluding carboxylic acids is 1. The van der Waals surface area contributed by atoms with E-state index in [0.717, 1.165) is 44.7 Å². The lowest BCUT2D eigenvalue weighted by Gasteiger charge is -2.32. The average Bonchev–Trinajstić information content (AvgIpc) is 3.23. The number of oxazole rings is 1. The molecule has 25 heavy (non-hydrogen) atoms. The standard InChI is InChI=1S/C18H27N5O2/c1-14-16(20-13-25-14)18(24)23-9-4-6-15(12-23)17-19-7-11-22(17)10-5-8-21(2)3/h7,11,13,15H,4-6,8-10,12H2,1-3H3. The van der Waals surface area contributed by atoms with Crippen LogP contribution in [0.3, 0.4) is 0 Å². The van der Waals surface area contributed by atoms with Crippen LogP contribution < -0.4 is 0 Å². The van der Waals surface area contributed by atoms with Gasteiger partial charge in [-0.25, -0.2) is 9.97 Å². The summed E-state index contributed by atoms with van der Waals surface area (Å²) in [5.41, 5.74) is 0.426. The molecule has 3 rings (SSSR count). The van der Waals surface area contributed by atoms with Gasteiger partial charge in [0.25, 0.3) is 5.91 Å². The summed E-state index contributed by atoms with van der Waals surface area (Å²) in [5.74, 6) is 1.91. The van der Waals surface area contributed by atoms with E-state index < -0.39 is 0 Å². The predicted octanol–water partition coefficient (Wildman–Crippen LogP) is 2.15. The molecule has 1 saturated heterocycles. The molecule has 0 spiro atoms. The van der Waals surface area contributed by atoms with Crippen molar-refractivity contribution in [3.8, 4) is 0 Å². The van der Waals surface area contributed by atoms with Gasteiger partial charge in [0.05, 0.1) is 0 Å². The van der Waals surface area contributed by atoms with E-state index >= 15 is 0 Å². The third-order valence-corrected chi connectivity index (χ3v) is 4.77. The van der Waals surface area contributed by atoms with Gasteiger partial charge in [-0.2, -0.15) is 0 Å². The number of carbonyl (C=O) groups is 1. The molecule has 0 radical (unpaired) electrons. The van der Waals surface area contributed by atoms with Crippen molar-refractivity contribution in [2.75, 3.05) is 33.7 Å². The Balaban J connectivity index is 1.67. The smallest absolute Gasteiger partial charge is 0.276 e. The van der Waals surface area contributed by atoms with E-state index in [1.165, 1.54) is 6.39 Å². The highest BCUT2D eigenvalue weighted by Crippen LogP contribution is 2.27. The van der Waals surface area contributed by atoms with Crippen molar-refractivity contribution in [3.63, 3.8) is 0 Å². The molecular formula is C18H27N5O2. The van der Waals surface area contributed by atoms with E-state index in [2.05, 4.69) is 33.5 Å². The lowest BCUT2D eigenvalue weighted by Crippen LogP contribution is -2.40. The lowest BCUT2D eigenvalue weighted by molar-refractivity contribution is 0.0696. The largest absolute Gasteiger partial charge is 0.448 e. The van der Waals surface area contributed by atoms with Gasteiger partial charge in [-0.1, -0.05) is 0 Å². The number of aromatic nitrogens is 3. The summed E-state index contributed by atoms with van der Waals surface area (Å²) < 4.78 is 7.42. The van der Waals surface area contributed by atoms with E-state index in [1.807, 2.05) is 17.3 Å². The van der Waals surface area contributed by atoms with Crippen molar-refractivity contribution in [1.82, 2.24) is 24.3 Å². The van der Waals surface area contributed by atoms with Gasteiger partial charge >= 0.3 is 0 Å². The molecule has 0 saturated carbocycles. The maximum absolute atomic E-state index is 12.7. The molecule has 136 valence electrons. The minimum Gasteiger partial charge on any atom is -0.448 e. The molecule has 0 aliphatic carbocycles. The molecule has 1 fully saturated rings. The van der Waals surface area contributed by atoms with Gasteiger partial charge in [-0.3, -0.25) is 4.79 Å². The third-order valence-electron chi connectivity index (χ3n) is 4.77. The molecule has 1 aliphatic rings. The Morgan fingerprint density at radius 1 is 1.40 bits per heavy atom. The van der Waals surface area contributed by atoms with E-state index in [4.69, 9.17) is 4.42 Å².